The number of amides is 1. The van der Waals surface area contributed by atoms with Gasteiger partial charge in [-0.15, -0.1) is 21.5 Å². The zero-order valence-corrected chi connectivity index (χ0v) is 20.7. The lowest BCUT2D eigenvalue weighted by atomic mass is 10.2. The molecule has 4 aromatic rings. The monoisotopic (exact) mass is 483 g/mol. The number of benzene rings is 2. The predicted octanol–water partition coefficient (Wildman–Crippen LogP) is 5.34. The van der Waals surface area contributed by atoms with E-state index in [2.05, 4.69) is 32.7 Å². The molecular formula is C23H25N5OS3. The summed E-state index contributed by atoms with van der Waals surface area (Å²) >= 11 is 4.83. The topological polar surface area (TPSA) is 63.9 Å². The highest BCUT2D eigenvalue weighted by atomic mass is 32.2. The molecule has 0 spiro atoms. The second-order valence-corrected chi connectivity index (χ2v) is 10.9. The van der Waals surface area contributed by atoms with Crippen molar-refractivity contribution in [1.29, 1.82) is 0 Å². The third-order valence-corrected chi connectivity index (χ3v) is 8.22. The molecule has 0 aliphatic carbocycles. The van der Waals surface area contributed by atoms with Gasteiger partial charge < -0.3 is 9.47 Å². The lowest BCUT2D eigenvalue weighted by Gasteiger charge is -2.21. The van der Waals surface area contributed by atoms with E-state index in [9.17, 15) is 4.79 Å². The summed E-state index contributed by atoms with van der Waals surface area (Å²) in [5.74, 6) is 1.67. The van der Waals surface area contributed by atoms with Gasteiger partial charge in [0, 0.05) is 20.1 Å². The molecule has 2 aromatic carbocycles. The summed E-state index contributed by atoms with van der Waals surface area (Å²) in [5, 5.41) is 9.32. The number of hydrogen-bond acceptors (Lipinski definition) is 7. The number of para-hydroxylation sites is 1. The van der Waals surface area contributed by atoms with Gasteiger partial charge in [-0.05, 0) is 31.5 Å². The fourth-order valence-corrected chi connectivity index (χ4v) is 6.38. The molecule has 0 fully saturated rings. The van der Waals surface area contributed by atoms with Crippen molar-refractivity contribution < 1.29 is 4.79 Å². The molecule has 1 atom stereocenters. The van der Waals surface area contributed by atoms with E-state index in [1.165, 1.54) is 16.5 Å². The number of thioether (sulfide) groups is 2. The number of hydrogen-bond donors (Lipinski definition) is 0. The van der Waals surface area contributed by atoms with Gasteiger partial charge in [-0.1, -0.05) is 66.0 Å². The SMILES string of the molecule is CCn1c(CSc2nc3ccccc3s2)nnc1SC(C)C(=O)N(C)Cc1ccccc1. The van der Waals surface area contributed by atoms with E-state index in [0.717, 1.165) is 32.9 Å². The highest BCUT2D eigenvalue weighted by Crippen LogP contribution is 2.32. The minimum atomic E-state index is -0.247. The Balaban J connectivity index is 1.39. The summed E-state index contributed by atoms with van der Waals surface area (Å²) in [6, 6.07) is 18.2. The third kappa shape index (κ3) is 5.33. The van der Waals surface area contributed by atoms with E-state index < -0.39 is 0 Å². The molecule has 0 saturated carbocycles. The molecule has 6 nitrogen and oxygen atoms in total. The quantitative estimate of drug-likeness (QED) is 0.300. The maximum atomic E-state index is 12.9. The molecule has 0 aliphatic heterocycles. The van der Waals surface area contributed by atoms with Gasteiger partial charge in [0.2, 0.25) is 5.91 Å². The Hall–Kier alpha value is -2.36. The van der Waals surface area contributed by atoms with Gasteiger partial charge in [0.05, 0.1) is 21.2 Å². The molecule has 0 bridgehead atoms. The summed E-state index contributed by atoms with van der Waals surface area (Å²) < 4.78 is 4.30. The van der Waals surface area contributed by atoms with Gasteiger partial charge in [-0.2, -0.15) is 0 Å². The Kier molecular flexibility index (Phi) is 7.49. The standard InChI is InChI=1S/C23H25N5OS3/c1-4-28-20(15-30-23-24-18-12-8-9-13-19(18)32-23)25-26-22(28)31-16(2)21(29)27(3)14-17-10-6-5-7-11-17/h5-13,16H,4,14-15H2,1-3H3. The Morgan fingerprint density at radius 3 is 2.62 bits per heavy atom. The van der Waals surface area contributed by atoms with Crippen LogP contribution in [0.4, 0.5) is 0 Å². The minimum absolute atomic E-state index is 0.0786. The number of rotatable bonds is 9. The van der Waals surface area contributed by atoms with Gasteiger partial charge in [-0.3, -0.25) is 4.79 Å². The molecule has 0 radical (unpaired) electrons. The van der Waals surface area contributed by atoms with E-state index in [1.807, 2.05) is 62.5 Å². The van der Waals surface area contributed by atoms with Crippen molar-refractivity contribution in [2.24, 2.45) is 0 Å². The predicted molar refractivity (Wildman–Crippen MR) is 133 cm³/mol. The highest BCUT2D eigenvalue weighted by Gasteiger charge is 2.22. The van der Waals surface area contributed by atoms with Crippen molar-refractivity contribution >= 4 is 51.0 Å². The molecule has 166 valence electrons. The number of aromatic nitrogens is 4. The second kappa shape index (κ2) is 10.5. The van der Waals surface area contributed by atoms with Gasteiger partial charge in [-0.25, -0.2) is 4.98 Å². The summed E-state index contributed by atoms with van der Waals surface area (Å²) in [6.07, 6.45) is 0. The van der Waals surface area contributed by atoms with Crippen LogP contribution in [0.15, 0.2) is 64.1 Å². The van der Waals surface area contributed by atoms with Crippen LogP contribution in [-0.2, 0) is 23.6 Å². The Labute approximate surface area is 200 Å². The normalized spacial score (nSPS) is 12.2. The van der Waals surface area contributed by atoms with Crippen LogP contribution in [0.25, 0.3) is 10.2 Å². The van der Waals surface area contributed by atoms with Crippen LogP contribution in [0.1, 0.15) is 25.2 Å². The minimum Gasteiger partial charge on any atom is -0.340 e. The lowest BCUT2D eigenvalue weighted by molar-refractivity contribution is -0.129. The van der Waals surface area contributed by atoms with Crippen molar-refractivity contribution in [3.63, 3.8) is 0 Å². The summed E-state index contributed by atoms with van der Waals surface area (Å²) in [7, 11) is 1.84. The van der Waals surface area contributed by atoms with Crippen LogP contribution in [0.2, 0.25) is 0 Å². The van der Waals surface area contributed by atoms with Crippen LogP contribution in [0.5, 0.6) is 0 Å². The smallest absolute Gasteiger partial charge is 0.235 e. The summed E-state index contributed by atoms with van der Waals surface area (Å²) in [6.45, 7) is 5.35. The molecule has 0 N–H and O–H groups in total. The van der Waals surface area contributed by atoms with E-state index in [0.29, 0.717) is 12.3 Å². The lowest BCUT2D eigenvalue weighted by Crippen LogP contribution is -2.33. The van der Waals surface area contributed by atoms with E-state index in [-0.39, 0.29) is 11.2 Å². The van der Waals surface area contributed by atoms with Crippen LogP contribution in [0, 0.1) is 0 Å². The Morgan fingerprint density at radius 1 is 1.12 bits per heavy atom. The van der Waals surface area contributed by atoms with Crippen molar-refractivity contribution in [3.8, 4) is 0 Å². The first kappa shape index (κ1) is 22.8. The molecule has 2 aromatic heterocycles. The van der Waals surface area contributed by atoms with Gasteiger partial charge in [0.15, 0.2) is 9.50 Å². The first-order valence-electron chi connectivity index (χ1n) is 10.4. The van der Waals surface area contributed by atoms with Gasteiger partial charge >= 0.3 is 0 Å². The zero-order valence-electron chi connectivity index (χ0n) is 18.3. The number of carbonyl (C=O) groups is 1. The van der Waals surface area contributed by atoms with E-state index >= 15 is 0 Å². The van der Waals surface area contributed by atoms with Crippen molar-refractivity contribution in [2.75, 3.05) is 7.05 Å². The highest BCUT2D eigenvalue weighted by molar-refractivity contribution is 8.00. The fraction of sp³-hybridized carbons (Fsp3) is 0.304. The molecule has 32 heavy (non-hydrogen) atoms. The van der Waals surface area contributed by atoms with E-state index in [1.54, 1.807) is 28.0 Å². The first-order valence-corrected chi connectivity index (χ1v) is 13.1. The largest absolute Gasteiger partial charge is 0.340 e. The summed E-state index contributed by atoms with van der Waals surface area (Å²) in [5.41, 5.74) is 2.14. The van der Waals surface area contributed by atoms with Crippen LogP contribution < -0.4 is 0 Å². The van der Waals surface area contributed by atoms with Crippen LogP contribution in [0.3, 0.4) is 0 Å². The number of fused-ring (bicyclic) bond motifs is 1. The number of nitrogens with zero attached hydrogens (tertiary/aromatic N) is 5. The average Bonchev–Trinajstić information content (AvgIpc) is 3.40. The maximum Gasteiger partial charge on any atom is 0.235 e. The van der Waals surface area contributed by atoms with Gasteiger partial charge in [0.1, 0.15) is 5.82 Å². The first-order chi connectivity index (χ1) is 15.5. The van der Waals surface area contributed by atoms with Crippen molar-refractivity contribution in [2.45, 2.75) is 47.4 Å². The van der Waals surface area contributed by atoms with E-state index in [4.69, 9.17) is 0 Å². The molecule has 0 saturated heterocycles. The molecule has 1 amide bonds. The number of carbonyl (C=O) groups excluding carboxylic acids is 1. The number of thiazole rings is 1. The van der Waals surface area contributed by atoms with Gasteiger partial charge in [0.25, 0.3) is 0 Å². The Morgan fingerprint density at radius 2 is 1.88 bits per heavy atom. The molecule has 0 aliphatic rings. The third-order valence-electron chi connectivity index (χ3n) is 4.98. The van der Waals surface area contributed by atoms with Crippen LogP contribution in [-0.4, -0.2) is 42.9 Å². The second-order valence-electron chi connectivity index (χ2n) is 7.32. The molecular weight excluding hydrogens is 458 g/mol. The average molecular weight is 484 g/mol. The Bertz CT molecular complexity index is 1160. The fourth-order valence-electron chi connectivity index (χ4n) is 3.32. The summed E-state index contributed by atoms with van der Waals surface area (Å²) in [4.78, 5) is 19.3. The maximum absolute atomic E-state index is 12.9. The molecule has 1 unspecified atom stereocenters. The van der Waals surface area contributed by atoms with Crippen molar-refractivity contribution in [3.05, 3.63) is 66.0 Å². The van der Waals surface area contributed by atoms with Crippen LogP contribution >= 0.6 is 34.9 Å². The molecule has 2 heterocycles. The molecule has 9 heteroatoms. The van der Waals surface area contributed by atoms with Crippen molar-refractivity contribution in [1.82, 2.24) is 24.6 Å². The molecule has 4 rings (SSSR count). The zero-order chi connectivity index (χ0) is 22.5.